The summed E-state index contributed by atoms with van der Waals surface area (Å²) in [5, 5.41) is 4.91. The van der Waals surface area contributed by atoms with Crippen molar-refractivity contribution in [3.8, 4) is 0 Å². The summed E-state index contributed by atoms with van der Waals surface area (Å²) in [6, 6.07) is 3.08. The topological polar surface area (TPSA) is 61.4 Å². The summed E-state index contributed by atoms with van der Waals surface area (Å²) in [4.78, 5) is 25.4. The van der Waals surface area contributed by atoms with E-state index >= 15 is 0 Å². The number of anilines is 1. The number of amides is 2. The van der Waals surface area contributed by atoms with Gasteiger partial charge in [0.1, 0.15) is 0 Å². The van der Waals surface area contributed by atoms with Gasteiger partial charge in [-0.1, -0.05) is 6.42 Å². The lowest BCUT2D eigenvalue weighted by atomic mass is 10.1. The molecule has 1 heterocycles. The number of nitrogens with zero attached hydrogens (tertiary/aromatic N) is 1. The van der Waals surface area contributed by atoms with Crippen molar-refractivity contribution in [2.75, 3.05) is 31.5 Å². The van der Waals surface area contributed by atoms with Crippen LogP contribution in [0.3, 0.4) is 0 Å². The molecule has 0 aromatic heterocycles. The van der Waals surface area contributed by atoms with Gasteiger partial charge in [-0.25, -0.2) is 8.78 Å². The predicted octanol–water partition coefficient (Wildman–Crippen LogP) is 1.51. The normalized spacial score (nSPS) is 15.4. The van der Waals surface area contributed by atoms with E-state index in [-0.39, 0.29) is 24.7 Å². The van der Waals surface area contributed by atoms with Crippen LogP contribution in [0.25, 0.3) is 0 Å². The maximum absolute atomic E-state index is 13.0. The minimum atomic E-state index is -1.04. The lowest BCUT2D eigenvalue weighted by molar-refractivity contribution is -0.125. The van der Waals surface area contributed by atoms with E-state index in [4.69, 9.17) is 0 Å². The molecule has 0 unspecified atom stereocenters. The summed E-state index contributed by atoms with van der Waals surface area (Å²) in [6.45, 7) is 1.87. The van der Waals surface area contributed by atoms with Gasteiger partial charge >= 0.3 is 0 Å². The van der Waals surface area contributed by atoms with Gasteiger partial charge in [-0.05, 0) is 38.1 Å². The number of likely N-dealkylation sites (tertiary alicyclic amines) is 1. The van der Waals surface area contributed by atoms with Crippen LogP contribution in [0.15, 0.2) is 18.2 Å². The number of hydrogen-bond acceptors (Lipinski definition) is 3. The van der Waals surface area contributed by atoms with Gasteiger partial charge in [0, 0.05) is 11.8 Å². The van der Waals surface area contributed by atoms with Gasteiger partial charge in [0.05, 0.1) is 13.1 Å². The fourth-order valence-corrected chi connectivity index (χ4v) is 2.33. The third-order valence-electron chi connectivity index (χ3n) is 3.47. The van der Waals surface area contributed by atoms with E-state index in [9.17, 15) is 18.4 Å². The molecule has 0 radical (unpaired) electrons. The van der Waals surface area contributed by atoms with Crippen LogP contribution in [0.5, 0.6) is 0 Å². The minimum Gasteiger partial charge on any atom is -0.346 e. The quantitative estimate of drug-likeness (QED) is 0.866. The van der Waals surface area contributed by atoms with Crippen LogP contribution in [0, 0.1) is 11.6 Å². The molecule has 7 heteroatoms. The highest BCUT2D eigenvalue weighted by atomic mass is 19.2. The van der Waals surface area contributed by atoms with E-state index in [1.165, 1.54) is 12.5 Å². The third kappa shape index (κ3) is 5.07. The van der Waals surface area contributed by atoms with Crippen LogP contribution in [0.2, 0.25) is 0 Å². The fraction of sp³-hybridized carbons (Fsp3) is 0.467. The smallest absolute Gasteiger partial charge is 0.243 e. The van der Waals surface area contributed by atoms with Crippen LogP contribution in [-0.2, 0) is 9.59 Å². The molecule has 1 saturated heterocycles. The Hall–Kier alpha value is -2.02. The second-order valence-corrected chi connectivity index (χ2v) is 5.29. The predicted molar refractivity (Wildman–Crippen MR) is 78.3 cm³/mol. The molecule has 5 nitrogen and oxygen atoms in total. The van der Waals surface area contributed by atoms with Gasteiger partial charge < -0.3 is 10.6 Å². The van der Waals surface area contributed by atoms with Gasteiger partial charge in [-0.15, -0.1) is 0 Å². The molecular formula is C15H19F2N3O2. The Kier molecular flexibility index (Phi) is 5.83. The first kappa shape index (κ1) is 16.4. The maximum Gasteiger partial charge on any atom is 0.243 e. The van der Waals surface area contributed by atoms with Crippen LogP contribution < -0.4 is 10.6 Å². The molecule has 2 rings (SSSR count). The molecular weight excluding hydrogens is 292 g/mol. The third-order valence-corrected chi connectivity index (χ3v) is 3.47. The Labute approximate surface area is 127 Å². The van der Waals surface area contributed by atoms with E-state index in [0.717, 1.165) is 38.1 Å². The molecule has 0 bridgehead atoms. The largest absolute Gasteiger partial charge is 0.346 e. The minimum absolute atomic E-state index is 0.147. The monoisotopic (exact) mass is 311 g/mol. The first-order chi connectivity index (χ1) is 10.5. The van der Waals surface area contributed by atoms with Crippen molar-refractivity contribution in [2.45, 2.75) is 19.3 Å². The summed E-state index contributed by atoms with van der Waals surface area (Å²) in [7, 11) is 0. The van der Waals surface area contributed by atoms with Crippen molar-refractivity contribution in [1.82, 2.24) is 10.2 Å². The summed E-state index contributed by atoms with van der Waals surface area (Å²) in [5.74, 6) is -2.72. The lowest BCUT2D eigenvalue weighted by Crippen LogP contribution is -2.42. The molecule has 22 heavy (non-hydrogen) atoms. The Morgan fingerprint density at radius 2 is 1.77 bits per heavy atom. The number of rotatable bonds is 5. The van der Waals surface area contributed by atoms with Gasteiger partial charge in [-0.2, -0.15) is 0 Å². The molecule has 0 spiro atoms. The van der Waals surface area contributed by atoms with Gasteiger partial charge in [0.25, 0.3) is 0 Å². The Bertz CT molecular complexity index is 546. The van der Waals surface area contributed by atoms with Gasteiger partial charge in [-0.3, -0.25) is 14.5 Å². The molecule has 1 aliphatic rings. The number of nitrogens with one attached hydrogen (secondary N) is 2. The SMILES string of the molecule is O=C(CN1CCCCC1)NCC(=O)Nc1ccc(F)c(F)c1. The fourth-order valence-electron chi connectivity index (χ4n) is 2.33. The van der Waals surface area contributed by atoms with Crippen LogP contribution >= 0.6 is 0 Å². The maximum atomic E-state index is 13.0. The van der Waals surface area contributed by atoms with Crippen LogP contribution in [-0.4, -0.2) is 42.9 Å². The molecule has 2 N–H and O–H groups in total. The highest BCUT2D eigenvalue weighted by Crippen LogP contribution is 2.12. The van der Waals surface area contributed by atoms with E-state index in [1.54, 1.807) is 0 Å². The first-order valence-corrected chi connectivity index (χ1v) is 7.28. The molecule has 1 aromatic carbocycles. The average molecular weight is 311 g/mol. The van der Waals surface area contributed by atoms with E-state index in [1.807, 2.05) is 4.90 Å². The molecule has 1 aliphatic heterocycles. The highest BCUT2D eigenvalue weighted by Gasteiger charge is 2.14. The molecule has 2 amide bonds. The zero-order valence-electron chi connectivity index (χ0n) is 12.2. The van der Waals surface area contributed by atoms with Crippen LogP contribution in [0.1, 0.15) is 19.3 Å². The van der Waals surface area contributed by atoms with Gasteiger partial charge in [0.2, 0.25) is 11.8 Å². The number of halogens is 2. The zero-order chi connectivity index (χ0) is 15.9. The second-order valence-electron chi connectivity index (χ2n) is 5.29. The second kappa shape index (κ2) is 7.84. The summed E-state index contributed by atoms with van der Waals surface area (Å²) in [5.41, 5.74) is 0.147. The van der Waals surface area contributed by atoms with Crippen molar-refractivity contribution in [3.05, 3.63) is 29.8 Å². The molecule has 120 valence electrons. The molecule has 0 saturated carbocycles. The number of carbonyl (C=O) groups excluding carboxylic acids is 2. The Balaban J connectivity index is 1.72. The number of benzene rings is 1. The molecule has 0 atom stereocenters. The van der Waals surface area contributed by atoms with Gasteiger partial charge in [0.15, 0.2) is 11.6 Å². The number of hydrogen-bond donors (Lipinski definition) is 2. The van der Waals surface area contributed by atoms with Crippen molar-refractivity contribution >= 4 is 17.5 Å². The van der Waals surface area contributed by atoms with Crippen molar-refractivity contribution < 1.29 is 18.4 Å². The average Bonchev–Trinajstić information content (AvgIpc) is 2.50. The first-order valence-electron chi connectivity index (χ1n) is 7.28. The Morgan fingerprint density at radius 1 is 1.05 bits per heavy atom. The molecule has 0 aliphatic carbocycles. The molecule has 1 aromatic rings. The summed E-state index contributed by atoms with van der Waals surface area (Å²) >= 11 is 0. The zero-order valence-corrected chi connectivity index (χ0v) is 12.2. The van der Waals surface area contributed by atoms with E-state index in [0.29, 0.717) is 0 Å². The van der Waals surface area contributed by atoms with Crippen molar-refractivity contribution in [2.24, 2.45) is 0 Å². The number of piperidine rings is 1. The standard InChI is InChI=1S/C15H19F2N3O2/c16-12-5-4-11(8-13(12)17)19-14(21)9-18-15(22)10-20-6-2-1-3-7-20/h4-5,8H,1-3,6-7,9-10H2,(H,18,22)(H,19,21). The summed E-state index contributed by atoms with van der Waals surface area (Å²) < 4.78 is 25.8. The van der Waals surface area contributed by atoms with Crippen LogP contribution in [0.4, 0.5) is 14.5 Å². The van der Waals surface area contributed by atoms with Crippen molar-refractivity contribution in [3.63, 3.8) is 0 Å². The Morgan fingerprint density at radius 3 is 2.45 bits per heavy atom. The van der Waals surface area contributed by atoms with E-state index < -0.39 is 17.5 Å². The van der Waals surface area contributed by atoms with Crippen molar-refractivity contribution in [1.29, 1.82) is 0 Å². The van der Waals surface area contributed by atoms with E-state index in [2.05, 4.69) is 10.6 Å². The highest BCUT2D eigenvalue weighted by molar-refractivity contribution is 5.94. The molecule has 1 fully saturated rings. The lowest BCUT2D eigenvalue weighted by Gasteiger charge is -2.25. The summed E-state index contributed by atoms with van der Waals surface area (Å²) in [6.07, 6.45) is 3.36. The number of carbonyl (C=O) groups is 2.